The van der Waals surface area contributed by atoms with Crippen LogP contribution in [-0.4, -0.2) is 88.8 Å². The van der Waals surface area contributed by atoms with E-state index >= 15 is 0 Å². The van der Waals surface area contributed by atoms with E-state index in [0.29, 0.717) is 0 Å². The molecule has 1 spiro atoms. The molecule has 0 aliphatic carbocycles. The largest absolute Gasteiger partial charge is 0.490 e. The molecule has 9 nitrogen and oxygen atoms in total. The summed E-state index contributed by atoms with van der Waals surface area (Å²) in [6.45, 7) is 8.81. The third-order valence-electron chi connectivity index (χ3n) is 5.47. The highest BCUT2D eigenvalue weighted by molar-refractivity contribution is 7.09. The molecule has 212 valence electrons. The lowest BCUT2D eigenvalue weighted by atomic mass is 9.87. The number of rotatable bonds is 3. The van der Waals surface area contributed by atoms with E-state index in [2.05, 4.69) is 44.2 Å². The van der Waals surface area contributed by atoms with Gasteiger partial charge >= 0.3 is 24.3 Å². The van der Waals surface area contributed by atoms with Gasteiger partial charge in [0.15, 0.2) is 0 Å². The molecule has 0 aromatic carbocycles. The van der Waals surface area contributed by atoms with Crippen LogP contribution in [0.5, 0.6) is 0 Å². The summed E-state index contributed by atoms with van der Waals surface area (Å²) in [6, 6.07) is 6.14. The van der Waals surface area contributed by atoms with E-state index in [1.165, 1.54) is 5.69 Å². The van der Waals surface area contributed by atoms with E-state index in [1.807, 2.05) is 12.3 Å². The molecule has 4 rings (SSSR count). The van der Waals surface area contributed by atoms with Crippen molar-refractivity contribution in [1.82, 2.24) is 14.9 Å². The second-order valence-corrected chi connectivity index (χ2v) is 9.65. The van der Waals surface area contributed by atoms with Gasteiger partial charge in [-0.3, -0.25) is 4.90 Å². The fourth-order valence-electron chi connectivity index (χ4n) is 3.84. The summed E-state index contributed by atoms with van der Waals surface area (Å²) in [5.74, 6) is -4.43. The maximum atomic E-state index is 10.6. The molecule has 0 bridgehead atoms. The predicted octanol–water partition coefficient (Wildman–Crippen LogP) is 3.84. The van der Waals surface area contributed by atoms with Crippen molar-refractivity contribution in [2.45, 2.75) is 32.2 Å². The summed E-state index contributed by atoms with van der Waals surface area (Å²) in [7, 11) is 0. The first-order chi connectivity index (χ1) is 17.6. The number of pyridine rings is 1. The molecular formula is C22H26F6N4O5S. The standard InChI is InChI=1S/C18H24N4OS.2C2HF3O2/c1-15-20-16(11-24-15)10-21-8-9-23-14-18(12-21)5-7-22(13-18)17-4-2-3-6-19-17;2*3-2(4,5)1(6)7/h2-4,6,11H,5,7-10,12-14H2,1H3;2*(H,6,7). The number of hydrogen-bond acceptors (Lipinski definition) is 8. The number of thiazole rings is 1. The Morgan fingerprint density at radius 2 is 1.71 bits per heavy atom. The number of aryl methyl sites for hydroxylation is 1. The van der Waals surface area contributed by atoms with E-state index in [0.717, 1.165) is 63.2 Å². The van der Waals surface area contributed by atoms with Gasteiger partial charge in [-0.25, -0.2) is 19.6 Å². The number of hydrogen-bond donors (Lipinski definition) is 2. The minimum Gasteiger partial charge on any atom is -0.475 e. The van der Waals surface area contributed by atoms with Gasteiger partial charge in [0.05, 0.1) is 23.9 Å². The highest BCUT2D eigenvalue weighted by atomic mass is 32.1. The highest BCUT2D eigenvalue weighted by Crippen LogP contribution is 2.35. The van der Waals surface area contributed by atoms with Crippen molar-refractivity contribution in [1.29, 1.82) is 0 Å². The second-order valence-electron chi connectivity index (χ2n) is 8.59. The van der Waals surface area contributed by atoms with Crippen molar-refractivity contribution in [3.63, 3.8) is 0 Å². The van der Waals surface area contributed by atoms with Gasteiger partial charge in [0.2, 0.25) is 0 Å². The van der Waals surface area contributed by atoms with Crippen molar-refractivity contribution >= 4 is 29.1 Å². The summed E-state index contributed by atoms with van der Waals surface area (Å²) in [4.78, 5) is 31.9. The topological polar surface area (TPSA) is 116 Å². The van der Waals surface area contributed by atoms with Crippen molar-refractivity contribution in [3.8, 4) is 0 Å². The molecule has 38 heavy (non-hydrogen) atoms. The molecule has 2 aliphatic heterocycles. The lowest BCUT2D eigenvalue weighted by molar-refractivity contribution is -0.193. The van der Waals surface area contributed by atoms with Gasteiger partial charge in [-0.1, -0.05) is 6.07 Å². The van der Waals surface area contributed by atoms with E-state index in [4.69, 9.17) is 24.5 Å². The molecule has 0 radical (unpaired) electrons. The molecule has 2 aliphatic rings. The molecule has 2 fully saturated rings. The zero-order chi connectivity index (χ0) is 28.6. The van der Waals surface area contributed by atoms with Crippen LogP contribution in [0.2, 0.25) is 0 Å². The zero-order valence-electron chi connectivity index (χ0n) is 20.1. The van der Waals surface area contributed by atoms with Crippen LogP contribution in [0, 0.1) is 12.3 Å². The van der Waals surface area contributed by atoms with E-state index in [1.54, 1.807) is 11.3 Å². The maximum absolute atomic E-state index is 10.6. The Bertz CT molecular complexity index is 1030. The average Bonchev–Trinajstić information content (AvgIpc) is 3.37. The monoisotopic (exact) mass is 572 g/mol. The Morgan fingerprint density at radius 3 is 2.21 bits per heavy atom. The Balaban J connectivity index is 0.000000301. The minimum atomic E-state index is -5.08. The number of carboxylic acids is 2. The number of nitrogens with zero attached hydrogens (tertiary/aromatic N) is 4. The molecule has 1 atom stereocenters. The van der Waals surface area contributed by atoms with Crippen LogP contribution in [0.25, 0.3) is 0 Å². The number of aliphatic carboxylic acids is 2. The summed E-state index contributed by atoms with van der Waals surface area (Å²) >= 11 is 1.73. The number of alkyl halides is 6. The molecule has 2 aromatic heterocycles. The first kappa shape index (κ1) is 31.2. The van der Waals surface area contributed by atoms with Crippen LogP contribution in [0.1, 0.15) is 17.1 Å². The summed E-state index contributed by atoms with van der Waals surface area (Å²) < 4.78 is 69.5. The molecule has 2 saturated heterocycles. The quantitative estimate of drug-likeness (QED) is 0.530. The molecule has 4 heterocycles. The van der Waals surface area contributed by atoms with Crippen LogP contribution in [-0.2, 0) is 20.9 Å². The molecule has 2 aromatic rings. The van der Waals surface area contributed by atoms with Crippen LogP contribution >= 0.6 is 11.3 Å². The lowest BCUT2D eigenvalue weighted by Gasteiger charge is -2.31. The smallest absolute Gasteiger partial charge is 0.475 e. The molecule has 16 heteroatoms. The van der Waals surface area contributed by atoms with Crippen LogP contribution in [0.3, 0.4) is 0 Å². The molecule has 0 saturated carbocycles. The maximum Gasteiger partial charge on any atom is 0.490 e. The first-order valence-electron chi connectivity index (χ1n) is 11.1. The summed E-state index contributed by atoms with van der Waals surface area (Å²) in [6.07, 6.45) is -7.13. The second kappa shape index (κ2) is 13.2. The van der Waals surface area contributed by atoms with Crippen LogP contribution in [0.4, 0.5) is 32.2 Å². The number of anilines is 1. The Morgan fingerprint density at radius 1 is 1.08 bits per heavy atom. The van der Waals surface area contributed by atoms with Gasteiger partial charge in [0, 0.05) is 49.7 Å². The SMILES string of the molecule is Cc1nc(CN2CCOCC3(CCN(c4ccccn4)C3)C2)cs1.O=C(O)C(F)(F)F.O=C(O)C(F)(F)F. The van der Waals surface area contributed by atoms with Crippen molar-refractivity contribution < 1.29 is 50.9 Å². The van der Waals surface area contributed by atoms with E-state index < -0.39 is 24.3 Å². The van der Waals surface area contributed by atoms with Gasteiger partial charge in [0.25, 0.3) is 0 Å². The zero-order valence-corrected chi connectivity index (χ0v) is 20.9. The third-order valence-corrected chi connectivity index (χ3v) is 6.29. The van der Waals surface area contributed by atoms with Crippen molar-refractivity contribution in [3.05, 3.63) is 40.5 Å². The van der Waals surface area contributed by atoms with Crippen molar-refractivity contribution in [2.24, 2.45) is 5.41 Å². The predicted molar refractivity (Wildman–Crippen MR) is 124 cm³/mol. The molecular weight excluding hydrogens is 546 g/mol. The fourth-order valence-corrected chi connectivity index (χ4v) is 4.45. The van der Waals surface area contributed by atoms with Gasteiger partial charge in [-0.05, 0) is 25.5 Å². The minimum absolute atomic E-state index is 0.207. The average molecular weight is 573 g/mol. The highest BCUT2D eigenvalue weighted by Gasteiger charge is 2.42. The number of carbonyl (C=O) groups is 2. The van der Waals surface area contributed by atoms with Gasteiger partial charge in [-0.15, -0.1) is 11.3 Å². The summed E-state index contributed by atoms with van der Waals surface area (Å²) in [5.41, 5.74) is 1.40. The number of halogens is 6. The number of ether oxygens (including phenoxy) is 1. The van der Waals surface area contributed by atoms with Crippen molar-refractivity contribution in [2.75, 3.05) is 44.3 Å². The third kappa shape index (κ3) is 10.1. The first-order valence-corrected chi connectivity index (χ1v) is 12.0. The Kier molecular flexibility index (Phi) is 10.8. The molecule has 1 unspecified atom stereocenters. The lowest BCUT2D eigenvalue weighted by Crippen LogP contribution is -2.40. The Hall–Kier alpha value is -2.98. The van der Waals surface area contributed by atoms with Gasteiger partial charge in [-0.2, -0.15) is 26.3 Å². The van der Waals surface area contributed by atoms with Crippen LogP contribution in [0.15, 0.2) is 29.8 Å². The van der Waals surface area contributed by atoms with E-state index in [9.17, 15) is 26.3 Å². The van der Waals surface area contributed by atoms with Crippen LogP contribution < -0.4 is 4.90 Å². The molecule has 2 N–H and O–H groups in total. The number of carboxylic acid groups (broad SMARTS) is 2. The normalized spacial score (nSPS) is 20.1. The summed E-state index contributed by atoms with van der Waals surface area (Å²) in [5, 5.41) is 17.6. The fraction of sp³-hybridized carbons (Fsp3) is 0.545. The van der Waals surface area contributed by atoms with Gasteiger partial charge < -0.3 is 19.8 Å². The van der Waals surface area contributed by atoms with E-state index in [-0.39, 0.29) is 5.41 Å². The Labute approximate surface area is 217 Å². The number of aromatic nitrogens is 2. The molecule has 0 amide bonds. The van der Waals surface area contributed by atoms with Gasteiger partial charge in [0.1, 0.15) is 5.82 Å².